The Labute approximate surface area is 177 Å². The van der Waals surface area contributed by atoms with E-state index in [9.17, 15) is 15.0 Å². The number of aromatic nitrogens is 4. The van der Waals surface area contributed by atoms with Gasteiger partial charge in [0.1, 0.15) is 11.9 Å². The van der Waals surface area contributed by atoms with Crippen LogP contribution in [-0.4, -0.2) is 54.8 Å². The lowest BCUT2D eigenvalue weighted by Gasteiger charge is -2.18. The van der Waals surface area contributed by atoms with Gasteiger partial charge < -0.3 is 20.1 Å². The Morgan fingerprint density at radius 2 is 2.00 bits per heavy atom. The summed E-state index contributed by atoms with van der Waals surface area (Å²) in [7, 11) is 1.71. The van der Waals surface area contributed by atoms with E-state index in [-0.39, 0.29) is 11.6 Å². The molecule has 0 aliphatic heterocycles. The third-order valence-electron chi connectivity index (χ3n) is 5.37. The van der Waals surface area contributed by atoms with Crippen LogP contribution in [0.5, 0.6) is 0 Å². The minimum Gasteiger partial charge on any atom is -0.390 e. The van der Waals surface area contributed by atoms with Gasteiger partial charge in [0.05, 0.1) is 23.5 Å². The van der Waals surface area contributed by atoms with Gasteiger partial charge in [-0.3, -0.25) is 4.79 Å². The molecule has 30 heavy (non-hydrogen) atoms. The van der Waals surface area contributed by atoms with E-state index in [0.29, 0.717) is 34.0 Å². The van der Waals surface area contributed by atoms with Crippen molar-refractivity contribution in [2.75, 3.05) is 12.4 Å². The van der Waals surface area contributed by atoms with E-state index < -0.39 is 24.2 Å². The van der Waals surface area contributed by atoms with Crippen LogP contribution < -0.4 is 5.32 Å². The average Bonchev–Trinajstić information content (AvgIpc) is 3.28. The van der Waals surface area contributed by atoms with Crippen molar-refractivity contribution in [3.05, 3.63) is 47.0 Å². The van der Waals surface area contributed by atoms with Gasteiger partial charge in [-0.1, -0.05) is 29.7 Å². The zero-order valence-corrected chi connectivity index (χ0v) is 17.1. The van der Waals surface area contributed by atoms with Crippen molar-refractivity contribution in [1.82, 2.24) is 19.5 Å². The fourth-order valence-electron chi connectivity index (χ4n) is 3.76. The van der Waals surface area contributed by atoms with E-state index >= 15 is 0 Å². The lowest BCUT2D eigenvalue weighted by Crippen LogP contribution is -2.31. The molecule has 4 atom stereocenters. The number of halogens is 1. The number of hydrogen-bond donors (Lipinski definition) is 3. The molecule has 154 valence electrons. The lowest BCUT2D eigenvalue weighted by atomic mass is 10.0. The molecule has 1 saturated carbocycles. The highest BCUT2D eigenvalue weighted by atomic mass is 35.5. The number of anilines is 1. The van der Waals surface area contributed by atoms with Gasteiger partial charge in [0.15, 0.2) is 17.0 Å². The molecule has 4 rings (SSSR count). The summed E-state index contributed by atoms with van der Waals surface area (Å²) >= 11 is 6.16. The maximum Gasteiger partial charge on any atom is 0.209 e. The number of ketones is 1. The number of aliphatic hydroxyl groups is 2. The normalized spacial score (nSPS) is 23.2. The number of imidazole rings is 1. The number of fused-ring (bicyclic) bond motifs is 1. The van der Waals surface area contributed by atoms with Crippen LogP contribution in [-0.2, 0) is 4.79 Å². The second kappa shape index (κ2) is 8.03. The Balaban J connectivity index is 1.78. The maximum absolute atomic E-state index is 11.8. The van der Waals surface area contributed by atoms with Gasteiger partial charge in [0.25, 0.3) is 0 Å². The number of nitrogens with one attached hydrogen (secondary N) is 1. The fourth-order valence-corrected chi connectivity index (χ4v) is 3.95. The first-order valence-corrected chi connectivity index (χ1v) is 9.84. The van der Waals surface area contributed by atoms with Crippen molar-refractivity contribution in [2.45, 2.75) is 31.6 Å². The first-order chi connectivity index (χ1) is 14.4. The van der Waals surface area contributed by atoms with Gasteiger partial charge in [-0.15, -0.1) is 0 Å². The Kier molecular flexibility index (Phi) is 5.43. The van der Waals surface area contributed by atoms with Crippen molar-refractivity contribution in [3.8, 4) is 11.8 Å². The summed E-state index contributed by atoms with van der Waals surface area (Å²) in [5.41, 5.74) is 1.62. The number of hydrogen-bond acceptors (Lipinski definition) is 7. The van der Waals surface area contributed by atoms with Gasteiger partial charge in [0.2, 0.25) is 5.82 Å². The molecule has 1 unspecified atom stereocenters. The van der Waals surface area contributed by atoms with E-state index in [0.717, 1.165) is 0 Å². The van der Waals surface area contributed by atoms with E-state index in [1.54, 1.807) is 23.7 Å². The summed E-state index contributed by atoms with van der Waals surface area (Å²) in [4.78, 5) is 25.1. The lowest BCUT2D eigenvalue weighted by molar-refractivity contribution is -0.124. The maximum atomic E-state index is 11.8. The molecular formula is C21H20ClN5O3. The third-order valence-corrected chi connectivity index (χ3v) is 5.70. The molecule has 9 heteroatoms. The fraction of sp³-hybridized carbons (Fsp3) is 0.333. The van der Waals surface area contributed by atoms with Crippen LogP contribution in [0.3, 0.4) is 0 Å². The molecule has 2 aromatic heterocycles. The Morgan fingerprint density at radius 1 is 1.23 bits per heavy atom. The van der Waals surface area contributed by atoms with Crippen LogP contribution in [0.4, 0.5) is 5.82 Å². The molecule has 1 aliphatic rings. The largest absolute Gasteiger partial charge is 0.390 e. The Bertz CT molecular complexity index is 1180. The first kappa shape index (κ1) is 20.3. The molecule has 2 heterocycles. The highest BCUT2D eigenvalue weighted by Crippen LogP contribution is 2.37. The molecule has 8 nitrogen and oxygen atoms in total. The number of benzene rings is 1. The van der Waals surface area contributed by atoms with Gasteiger partial charge in [-0.2, -0.15) is 0 Å². The SMILES string of the molecule is CNc1nc(C#Cc2ccccc2Cl)nc2c1ncn2[C@@H]1C[C@H](C(C)=O)C(O)[C@H]1O. The van der Waals surface area contributed by atoms with Gasteiger partial charge in [0, 0.05) is 18.5 Å². The molecule has 3 aromatic rings. The molecule has 0 bridgehead atoms. The zero-order valence-electron chi connectivity index (χ0n) is 16.4. The number of nitrogens with zero attached hydrogens (tertiary/aromatic N) is 4. The molecule has 1 aliphatic carbocycles. The predicted molar refractivity (Wildman–Crippen MR) is 112 cm³/mol. The van der Waals surface area contributed by atoms with Crippen molar-refractivity contribution in [1.29, 1.82) is 0 Å². The number of aliphatic hydroxyl groups excluding tert-OH is 2. The number of Topliss-reactive ketones (excluding diaryl/α,β-unsaturated/α-hetero) is 1. The summed E-state index contributed by atoms with van der Waals surface area (Å²) in [6.45, 7) is 1.42. The van der Waals surface area contributed by atoms with Crippen LogP contribution in [0.1, 0.15) is 30.8 Å². The number of carbonyl (C=O) groups is 1. The molecule has 1 fully saturated rings. The molecule has 0 saturated heterocycles. The number of rotatable bonds is 3. The van der Waals surface area contributed by atoms with Crippen LogP contribution in [0.15, 0.2) is 30.6 Å². The van der Waals surface area contributed by atoms with Gasteiger partial charge >= 0.3 is 0 Å². The van der Waals surface area contributed by atoms with Crippen LogP contribution >= 0.6 is 11.6 Å². The standard InChI is InChI=1S/C21H20ClN5O3/c1-11(28)13-9-15(19(30)18(13)29)27-10-24-17-20(23-2)25-16(26-21(17)27)8-7-12-5-3-4-6-14(12)22/h3-6,10,13,15,18-19,29-30H,9H2,1-2H3,(H,23,25,26)/t13-,15-,18?,19+/m1/s1. The predicted octanol–water partition coefficient (Wildman–Crippen LogP) is 1.79. The minimum absolute atomic E-state index is 0.162. The summed E-state index contributed by atoms with van der Waals surface area (Å²) in [6.07, 6.45) is -0.408. The second-order valence-corrected chi connectivity index (χ2v) is 7.61. The molecule has 0 spiro atoms. The average molecular weight is 426 g/mol. The summed E-state index contributed by atoms with van der Waals surface area (Å²) in [5.74, 6) is 5.83. The molecule has 3 N–H and O–H groups in total. The van der Waals surface area contributed by atoms with Gasteiger partial charge in [-0.25, -0.2) is 15.0 Å². The smallest absolute Gasteiger partial charge is 0.209 e. The van der Waals surface area contributed by atoms with Crippen LogP contribution in [0, 0.1) is 17.8 Å². The summed E-state index contributed by atoms with van der Waals surface area (Å²) in [5, 5.41) is 24.3. The first-order valence-electron chi connectivity index (χ1n) is 9.46. The summed E-state index contributed by atoms with van der Waals surface area (Å²) < 4.78 is 1.68. The number of carbonyl (C=O) groups excluding carboxylic acids is 1. The Morgan fingerprint density at radius 3 is 2.67 bits per heavy atom. The van der Waals surface area contributed by atoms with E-state index in [1.807, 2.05) is 12.1 Å². The molecule has 0 radical (unpaired) electrons. The molecular weight excluding hydrogens is 406 g/mol. The van der Waals surface area contributed by atoms with E-state index in [1.165, 1.54) is 13.3 Å². The second-order valence-electron chi connectivity index (χ2n) is 7.20. The zero-order chi connectivity index (χ0) is 21.4. The highest BCUT2D eigenvalue weighted by Gasteiger charge is 2.45. The minimum atomic E-state index is -1.13. The van der Waals surface area contributed by atoms with E-state index in [2.05, 4.69) is 32.1 Å². The van der Waals surface area contributed by atoms with E-state index in [4.69, 9.17) is 11.6 Å². The Hall–Kier alpha value is -2.99. The summed E-state index contributed by atoms with van der Waals surface area (Å²) in [6, 6.07) is 6.68. The van der Waals surface area contributed by atoms with Crippen molar-refractivity contribution >= 4 is 34.4 Å². The van der Waals surface area contributed by atoms with Crippen molar-refractivity contribution < 1.29 is 15.0 Å². The van der Waals surface area contributed by atoms with Crippen LogP contribution in [0.2, 0.25) is 5.02 Å². The third kappa shape index (κ3) is 3.52. The van der Waals surface area contributed by atoms with Crippen molar-refractivity contribution in [3.63, 3.8) is 0 Å². The highest BCUT2D eigenvalue weighted by molar-refractivity contribution is 6.31. The topological polar surface area (TPSA) is 113 Å². The quantitative estimate of drug-likeness (QED) is 0.548. The van der Waals surface area contributed by atoms with Gasteiger partial charge in [-0.05, 0) is 31.4 Å². The molecule has 1 aromatic carbocycles. The monoisotopic (exact) mass is 425 g/mol. The van der Waals surface area contributed by atoms with Crippen LogP contribution in [0.25, 0.3) is 11.2 Å². The molecule has 0 amide bonds. The van der Waals surface area contributed by atoms with Crippen molar-refractivity contribution in [2.24, 2.45) is 5.92 Å².